The van der Waals surface area contributed by atoms with Crippen molar-refractivity contribution in [3.63, 3.8) is 0 Å². The fraction of sp³-hybridized carbons (Fsp3) is 0.263. The van der Waals surface area contributed by atoms with Crippen LogP contribution in [0.15, 0.2) is 47.0 Å². The van der Waals surface area contributed by atoms with E-state index in [0.717, 1.165) is 12.1 Å². The number of nitrogens with zero attached hydrogens (tertiary/aromatic N) is 1. The van der Waals surface area contributed by atoms with E-state index < -0.39 is 5.91 Å². The molecule has 1 amide bonds. The number of furan rings is 1. The van der Waals surface area contributed by atoms with Crippen LogP contribution < -0.4 is 10.5 Å². The van der Waals surface area contributed by atoms with Gasteiger partial charge in [-0.2, -0.15) is 0 Å². The summed E-state index contributed by atoms with van der Waals surface area (Å²) in [5, 5.41) is 0.691. The number of fused-ring (bicyclic) bond motifs is 1. The molecule has 0 fully saturated rings. The maximum absolute atomic E-state index is 11.9. The van der Waals surface area contributed by atoms with Crippen molar-refractivity contribution in [1.29, 1.82) is 0 Å². The minimum absolute atomic E-state index is 0.123. The van der Waals surface area contributed by atoms with E-state index in [0.29, 0.717) is 34.6 Å². The summed E-state index contributed by atoms with van der Waals surface area (Å²) in [6.45, 7) is 4.42. The van der Waals surface area contributed by atoms with Gasteiger partial charge in [0, 0.05) is 17.5 Å². The Morgan fingerprint density at radius 2 is 2.17 bits per heavy atom. The maximum Gasteiger partial charge on any atom is 0.252 e. The van der Waals surface area contributed by atoms with Crippen molar-refractivity contribution in [2.24, 2.45) is 5.73 Å². The molecule has 5 nitrogen and oxygen atoms in total. The number of hydrogen-bond donors (Lipinski definition) is 1. The van der Waals surface area contributed by atoms with Crippen LogP contribution in [0.25, 0.3) is 11.0 Å². The van der Waals surface area contributed by atoms with Gasteiger partial charge in [-0.05, 0) is 36.8 Å². The lowest BCUT2D eigenvalue weighted by Crippen LogP contribution is -2.13. The normalized spacial score (nSPS) is 12.2. The number of nitrogens with two attached hydrogens (primary N) is 1. The van der Waals surface area contributed by atoms with Gasteiger partial charge in [0.05, 0.1) is 11.3 Å². The third kappa shape index (κ3) is 3.11. The summed E-state index contributed by atoms with van der Waals surface area (Å²) in [4.78, 5) is 16.1. The number of aromatic nitrogens is 1. The zero-order chi connectivity index (χ0) is 17.1. The van der Waals surface area contributed by atoms with E-state index in [-0.39, 0.29) is 5.92 Å². The van der Waals surface area contributed by atoms with Crippen molar-refractivity contribution in [3.8, 4) is 5.75 Å². The summed E-state index contributed by atoms with van der Waals surface area (Å²) in [5.41, 5.74) is 7.51. The summed E-state index contributed by atoms with van der Waals surface area (Å²) in [6, 6.07) is 11.1. The molecule has 0 aliphatic carbocycles. The lowest BCUT2D eigenvalue weighted by atomic mass is 10.00. The number of carbonyl (C=O) groups excluding carboxylic acids is 1. The van der Waals surface area contributed by atoms with Gasteiger partial charge in [-0.15, -0.1) is 0 Å². The lowest BCUT2D eigenvalue weighted by molar-refractivity contribution is 0.0999. The molecule has 5 heteroatoms. The molecule has 1 aromatic carbocycles. The number of rotatable bonds is 6. The van der Waals surface area contributed by atoms with E-state index in [1.165, 1.54) is 0 Å². The van der Waals surface area contributed by atoms with Crippen LogP contribution in [0.4, 0.5) is 0 Å². The predicted octanol–water partition coefficient (Wildman–Crippen LogP) is 4.02. The molecule has 0 aliphatic rings. The Kier molecular flexibility index (Phi) is 4.51. The minimum Gasteiger partial charge on any atom is -0.487 e. The molecule has 0 saturated heterocycles. The molecule has 3 aromatic rings. The van der Waals surface area contributed by atoms with Crippen molar-refractivity contribution in [2.45, 2.75) is 32.8 Å². The van der Waals surface area contributed by atoms with Gasteiger partial charge >= 0.3 is 0 Å². The Hall–Kier alpha value is -2.82. The Morgan fingerprint density at radius 3 is 2.83 bits per heavy atom. The molecule has 0 radical (unpaired) electrons. The van der Waals surface area contributed by atoms with E-state index >= 15 is 0 Å². The number of pyridine rings is 1. The highest BCUT2D eigenvalue weighted by molar-refractivity contribution is 6.07. The van der Waals surface area contributed by atoms with Crippen molar-refractivity contribution in [3.05, 3.63) is 59.6 Å². The average Bonchev–Trinajstić information content (AvgIpc) is 2.99. The van der Waals surface area contributed by atoms with Gasteiger partial charge in [0.15, 0.2) is 0 Å². The van der Waals surface area contributed by atoms with Crippen LogP contribution in [0.3, 0.4) is 0 Å². The Bertz CT molecular complexity index is 856. The number of carbonyl (C=O) groups is 1. The number of primary amides is 1. The van der Waals surface area contributed by atoms with Gasteiger partial charge in [-0.3, -0.25) is 9.78 Å². The largest absolute Gasteiger partial charge is 0.487 e. The van der Waals surface area contributed by atoms with Crippen LogP contribution in [-0.2, 0) is 6.61 Å². The van der Waals surface area contributed by atoms with Crippen molar-refractivity contribution in [2.75, 3.05) is 0 Å². The molecule has 2 N–H and O–H groups in total. The molecule has 0 aliphatic heterocycles. The zero-order valence-corrected chi connectivity index (χ0v) is 13.8. The second-order valence-electron chi connectivity index (χ2n) is 5.78. The van der Waals surface area contributed by atoms with Gasteiger partial charge in [-0.25, -0.2) is 0 Å². The highest BCUT2D eigenvalue weighted by Crippen LogP contribution is 2.34. The fourth-order valence-electron chi connectivity index (χ4n) is 2.61. The second-order valence-corrected chi connectivity index (χ2v) is 5.78. The van der Waals surface area contributed by atoms with Gasteiger partial charge in [0.1, 0.15) is 23.7 Å². The van der Waals surface area contributed by atoms with Gasteiger partial charge < -0.3 is 14.9 Å². The smallest absolute Gasteiger partial charge is 0.252 e. The molecule has 0 saturated carbocycles. The summed E-state index contributed by atoms with van der Waals surface area (Å²) < 4.78 is 11.6. The van der Waals surface area contributed by atoms with Gasteiger partial charge in [-0.1, -0.05) is 19.9 Å². The molecule has 124 valence electrons. The first kappa shape index (κ1) is 16.1. The standard InChI is InChI=1S/C19H20N2O3/c1-3-12(2)18-17(19(20)22)15-10-14(7-8-16(15)24-18)23-11-13-6-4-5-9-21-13/h4-10,12H,3,11H2,1-2H3,(H2,20,22). The fourth-order valence-corrected chi connectivity index (χ4v) is 2.61. The van der Waals surface area contributed by atoms with Gasteiger partial charge in [0.2, 0.25) is 0 Å². The minimum atomic E-state index is -0.481. The third-order valence-electron chi connectivity index (χ3n) is 4.11. The lowest BCUT2D eigenvalue weighted by Gasteiger charge is -2.06. The highest BCUT2D eigenvalue weighted by Gasteiger charge is 2.22. The third-order valence-corrected chi connectivity index (χ3v) is 4.11. The van der Waals surface area contributed by atoms with E-state index in [1.54, 1.807) is 18.3 Å². The monoisotopic (exact) mass is 324 g/mol. The Balaban J connectivity index is 1.94. The summed E-state index contributed by atoms with van der Waals surface area (Å²) in [7, 11) is 0. The van der Waals surface area contributed by atoms with E-state index in [1.807, 2.05) is 38.1 Å². The second kappa shape index (κ2) is 6.74. The molecule has 0 bridgehead atoms. The summed E-state index contributed by atoms with van der Waals surface area (Å²) in [6.07, 6.45) is 2.59. The summed E-state index contributed by atoms with van der Waals surface area (Å²) >= 11 is 0. The van der Waals surface area contributed by atoms with Gasteiger partial charge in [0.25, 0.3) is 5.91 Å². The topological polar surface area (TPSA) is 78.3 Å². The van der Waals surface area contributed by atoms with Crippen LogP contribution in [0.2, 0.25) is 0 Å². The van der Waals surface area contributed by atoms with Crippen LogP contribution in [-0.4, -0.2) is 10.9 Å². The Morgan fingerprint density at radius 1 is 1.33 bits per heavy atom. The number of hydrogen-bond acceptors (Lipinski definition) is 4. The quantitative estimate of drug-likeness (QED) is 0.743. The van der Waals surface area contributed by atoms with Crippen LogP contribution in [0, 0.1) is 0 Å². The van der Waals surface area contributed by atoms with Crippen molar-refractivity contribution >= 4 is 16.9 Å². The first-order valence-corrected chi connectivity index (χ1v) is 7.99. The van der Waals surface area contributed by atoms with Crippen molar-refractivity contribution < 1.29 is 13.9 Å². The van der Waals surface area contributed by atoms with Crippen LogP contribution >= 0.6 is 0 Å². The molecular weight excluding hydrogens is 304 g/mol. The summed E-state index contributed by atoms with van der Waals surface area (Å²) in [5.74, 6) is 0.928. The molecule has 1 atom stereocenters. The van der Waals surface area contributed by atoms with Crippen LogP contribution in [0.1, 0.15) is 48.0 Å². The molecule has 0 spiro atoms. The number of amides is 1. The van der Waals surface area contributed by atoms with Crippen LogP contribution in [0.5, 0.6) is 5.75 Å². The Labute approximate surface area is 140 Å². The molecule has 24 heavy (non-hydrogen) atoms. The molecule has 2 aromatic heterocycles. The first-order valence-electron chi connectivity index (χ1n) is 7.99. The first-order chi connectivity index (χ1) is 11.6. The molecule has 3 rings (SSSR count). The van der Waals surface area contributed by atoms with E-state index in [4.69, 9.17) is 14.9 Å². The zero-order valence-electron chi connectivity index (χ0n) is 13.8. The number of benzene rings is 1. The van der Waals surface area contributed by atoms with Crippen molar-refractivity contribution in [1.82, 2.24) is 4.98 Å². The molecule has 2 heterocycles. The van der Waals surface area contributed by atoms with E-state index in [2.05, 4.69) is 4.98 Å². The SMILES string of the molecule is CCC(C)c1oc2ccc(OCc3ccccn3)cc2c1C(N)=O. The maximum atomic E-state index is 11.9. The molecular formula is C19H20N2O3. The molecule has 1 unspecified atom stereocenters. The highest BCUT2D eigenvalue weighted by atomic mass is 16.5. The van der Waals surface area contributed by atoms with E-state index in [9.17, 15) is 4.79 Å². The predicted molar refractivity (Wildman–Crippen MR) is 92.0 cm³/mol. The number of ether oxygens (including phenoxy) is 1. The average molecular weight is 324 g/mol.